The molecule has 12 heteroatoms. The van der Waals surface area contributed by atoms with Crippen LogP contribution in [0, 0.1) is 0 Å². The lowest BCUT2D eigenvalue weighted by Crippen LogP contribution is -2.34. The van der Waals surface area contributed by atoms with E-state index < -0.39 is 32.6 Å². The molecule has 0 aromatic carbocycles. The summed E-state index contributed by atoms with van der Waals surface area (Å²) < 4.78 is 32.0. The topological polar surface area (TPSA) is 163 Å². The largest absolute Gasteiger partial charge is 0.484 e. The third-order valence-corrected chi connectivity index (χ3v) is 4.32. The van der Waals surface area contributed by atoms with Crippen LogP contribution in [0.1, 0.15) is 11.4 Å². The lowest BCUT2D eigenvalue weighted by atomic mass is 10.2. The summed E-state index contributed by atoms with van der Waals surface area (Å²) in [5.41, 5.74) is 1.35. The molecule has 3 rings (SSSR count). The first kappa shape index (κ1) is 20.2. The Bertz CT molecular complexity index is 857. The van der Waals surface area contributed by atoms with Crippen LogP contribution >= 0.6 is 7.82 Å². The number of aromatic amines is 2. The van der Waals surface area contributed by atoms with Crippen LogP contribution in [0.4, 0.5) is 0 Å². The zero-order valence-electron chi connectivity index (χ0n) is 14.5. The van der Waals surface area contributed by atoms with Crippen molar-refractivity contribution in [1.82, 2.24) is 9.97 Å². The molecular weight excluding hydrogens is 395 g/mol. The molecule has 0 aliphatic carbocycles. The molecule has 1 aliphatic rings. The van der Waals surface area contributed by atoms with E-state index in [-0.39, 0.29) is 24.7 Å². The van der Waals surface area contributed by atoms with Gasteiger partial charge in [-0.1, -0.05) is 0 Å². The first-order valence-corrected chi connectivity index (χ1v) is 9.70. The molecule has 0 radical (unpaired) electrons. The van der Waals surface area contributed by atoms with E-state index in [1.807, 2.05) is 0 Å². The Morgan fingerprint density at radius 1 is 1.11 bits per heavy atom. The lowest BCUT2D eigenvalue weighted by molar-refractivity contribution is -0.148. The molecule has 152 valence electrons. The van der Waals surface area contributed by atoms with Gasteiger partial charge in [0.05, 0.1) is 18.0 Å². The number of carbonyl (C=O) groups excluding carboxylic acids is 1. The molecule has 0 saturated heterocycles. The molecule has 5 N–H and O–H groups in total. The quantitative estimate of drug-likeness (QED) is 0.278. The smallest absolute Gasteiger partial charge is 0.470 e. The van der Waals surface area contributed by atoms with Crippen LogP contribution < -0.4 is 0 Å². The summed E-state index contributed by atoms with van der Waals surface area (Å²) in [6, 6.07) is 6.98. The number of nitrogens with one attached hydrogen (secondary N) is 2. The van der Waals surface area contributed by atoms with Gasteiger partial charge < -0.3 is 39.1 Å². The van der Waals surface area contributed by atoms with E-state index in [4.69, 9.17) is 24.0 Å². The van der Waals surface area contributed by atoms with Crippen molar-refractivity contribution < 1.29 is 43.0 Å². The number of aliphatic hydroxyl groups is 1. The van der Waals surface area contributed by atoms with Crippen molar-refractivity contribution in [2.75, 3.05) is 6.61 Å². The second-order valence-corrected chi connectivity index (χ2v) is 7.00. The highest BCUT2D eigenvalue weighted by Crippen LogP contribution is 2.41. The van der Waals surface area contributed by atoms with E-state index in [0.29, 0.717) is 11.4 Å². The van der Waals surface area contributed by atoms with E-state index >= 15 is 0 Å². The number of aliphatic hydroxyl groups excluding tert-OH is 1. The predicted octanol–water partition coefficient (Wildman–Crippen LogP) is 0.683. The summed E-state index contributed by atoms with van der Waals surface area (Å²) >= 11 is 0. The summed E-state index contributed by atoms with van der Waals surface area (Å²) in [6.45, 7) is -0.829. The number of hydrogen-bond donors (Lipinski definition) is 5. The first-order valence-electron chi connectivity index (χ1n) is 8.17. The van der Waals surface area contributed by atoms with Crippen molar-refractivity contribution in [3.8, 4) is 0 Å². The van der Waals surface area contributed by atoms with Gasteiger partial charge in [-0.2, -0.15) is 0 Å². The fourth-order valence-corrected chi connectivity index (χ4v) is 3.09. The van der Waals surface area contributed by atoms with Gasteiger partial charge in [0, 0.05) is 12.4 Å². The van der Waals surface area contributed by atoms with Gasteiger partial charge in [-0.25, -0.2) is 9.36 Å². The molecule has 2 atom stereocenters. The Morgan fingerprint density at radius 3 is 2.21 bits per heavy atom. The number of phosphoric ester groups is 1. The second kappa shape index (κ2) is 8.63. The van der Waals surface area contributed by atoms with E-state index in [1.54, 1.807) is 36.7 Å². The molecule has 2 unspecified atom stereocenters. The summed E-state index contributed by atoms with van der Waals surface area (Å²) in [6.07, 6.45) is 0.423. The Hall–Kier alpha value is -2.56. The summed E-state index contributed by atoms with van der Waals surface area (Å²) in [5, 5.41) is 9.48. The highest BCUT2D eigenvalue weighted by Gasteiger charge is 2.45. The molecule has 2 aromatic heterocycles. The number of rotatable bonds is 10. The Labute approximate surface area is 159 Å². The Kier molecular flexibility index (Phi) is 6.22. The van der Waals surface area contributed by atoms with Gasteiger partial charge in [0.15, 0.2) is 11.9 Å². The van der Waals surface area contributed by atoms with Crippen LogP contribution in [0.5, 0.6) is 0 Å². The van der Waals surface area contributed by atoms with Gasteiger partial charge >= 0.3 is 13.8 Å². The van der Waals surface area contributed by atoms with Crippen LogP contribution in [0.2, 0.25) is 0 Å². The van der Waals surface area contributed by atoms with Crippen LogP contribution in [0.15, 0.2) is 48.2 Å². The zero-order chi connectivity index (χ0) is 20.1. The molecule has 28 heavy (non-hydrogen) atoms. The molecule has 0 saturated carbocycles. The third-order valence-electron chi connectivity index (χ3n) is 3.77. The number of hydrogen-bond acceptors (Lipinski definition) is 7. The van der Waals surface area contributed by atoms with E-state index in [0.717, 1.165) is 0 Å². The Morgan fingerprint density at radius 2 is 1.71 bits per heavy atom. The molecule has 0 spiro atoms. The molecule has 0 amide bonds. The normalized spacial score (nSPS) is 18.2. The Balaban J connectivity index is 1.84. The zero-order valence-corrected chi connectivity index (χ0v) is 15.4. The maximum Gasteiger partial charge on any atom is 0.470 e. The predicted molar refractivity (Wildman–Crippen MR) is 92.1 cm³/mol. The van der Waals surface area contributed by atoms with Gasteiger partial charge in [0.2, 0.25) is 5.76 Å². The van der Waals surface area contributed by atoms with Gasteiger partial charge in [-0.05, 0) is 24.3 Å². The number of H-pyrrole nitrogens is 2. The van der Waals surface area contributed by atoms with E-state index in [1.165, 1.54) is 0 Å². The molecule has 1 aliphatic heterocycles. The number of esters is 1. The van der Waals surface area contributed by atoms with E-state index in [9.17, 15) is 14.5 Å². The minimum Gasteiger partial charge on any atom is -0.484 e. The highest BCUT2D eigenvalue weighted by atomic mass is 31.2. The molecule has 0 bridgehead atoms. The van der Waals surface area contributed by atoms with Crippen molar-refractivity contribution in [2.24, 2.45) is 0 Å². The molecule has 0 fully saturated rings. The van der Waals surface area contributed by atoms with Crippen molar-refractivity contribution in [3.05, 3.63) is 59.6 Å². The summed E-state index contributed by atoms with van der Waals surface area (Å²) in [4.78, 5) is 36.2. The van der Waals surface area contributed by atoms with Crippen molar-refractivity contribution in [3.63, 3.8) is 0 Å². The average molecular weight is 414 g/mol. The number of aromatic nitrogens is 2. The lowest BCUT2D eigenvalue weighted by Gasteiger charge is -2.23. The number of phosphoric acid groups is 1. The summed E-state index contributed by atoms with van der Waals surface area (Å²) in [7, 11) is -4.96. The first-order chi connectivity index (χ1) is 13.4. The molecule has 11 nitrogen and oxygen atoms in total. The SMILES string of the molecule is O=C1OC(C(CO)OP(=O)(O)O)C(OCc2ccc[nH]2)=C1OCc1ccc[nH]1. The fourth-order valence-electron chi connectivity index (χ4n) is 2.56. The highest BCUT2D eigenvalue weighted by molar-refractivity contribution is 7.46. The van der Waals surface area contributed by atoms with Crippen LogP contribution in [0.25, 0.3) is 0 Å². The minimum absolute atomic E-state index is 0.00110. The van der Waals surface area contributed by atoms with E-state index in [2.05, 4.69) is 14.5 Å². The van der Waals surface area contributed by atoms with Gasteiger partial charge in [0.1, 0.15) is 19.3 Å². The molecule has 3 heterocycles. The number of carbonyl (C=O) groups is 1. The fraction of sp³-hybridized carbons (Fsp3) is 0.312. The third kappa shape index (κ3) is 5.03. The van der Waals surface area contributed by atoms with Crippen LogP contribution in [-0.2, 0) is 41.3 Å². The molecular formula is C16H19N2O9P. The minimum atomic E-state index is -4.96. The van der Waals surface area contributed by atoms with Crippen LogP contribution in [0.3, 0.4) is 0 Å². The maximum atomic E-state index is 12.3. The van der Waals surface area contributed by atoms with Gasteiger partial charge in [-0.3, -0.25) is 4.52 Å². The monoisotopic (exact) mass is 414 g/mol. The average Bonchev–Trinajstić information content (AvgIpc) is 3.37. The van der Waals surface area contributed by atoms with Crippen LogP contribution in [-0.4, -0.2) is 49.6 Å². The van der Waals surface area contributed by atoms with Gasteiger partial charge in [0.25, 0.3) is 0 Å². The number of ether oxygens (including phenoxy) is 3. The molecule has 2 aromatic rings. The summed E-state index contributed by atoms with van der Waals surface area (Å²) in [5.74, 6) is -1.29. The maximum absolute atomic E-state index is 12.3. The second-order valence-electron chi connectivity index (χ2n) is 5.80. The van der Waals surface area contributed by atoms with Crippen molar-refractivity contribution in [2.45, 2.75) is 25.4 Å². The standard InChI is InChI=1S/C16H19N2O9P/c19-7-12(27-28(21,22)23)13-14(24-8-10-3-1-5-17-10)15(16(20)26-13)25-9-11-4-2-6-18-11/h1-6,12-13,17-19H,7-9H2,(H2,21,22,23). The van der Waals surface area contributed by atoms with Gasteiger partial charge in [-0.15, -0.1) is 0 Å². The number of cyclic esters (lactones) is 1. The van der Waals surface area contributed by atoms with Crippen molar-refractivity contribution >= 4 is 13.8 Å². The van der Waals surface area contributed by atoms with Crippen molar-refractivity contribution in [1.29, 1.82) is 0 Å².